The Balaban J connectivity index is 2.39. The Morgan fingerprint density at radius 1 is 1.82 bits per heavy atom. The smallest absolute Gasteiger partial charge is 0.243 e. The maximum Gasteiger partial charge on any atom is 0.243 e. The number of thioether (sulfide) groups is 1. The molecule has 0 saturated carbocycles. The molecule has 0 aliphatic carbocycles. The van der Waals surface area contributed by atoms with E-state index in [0.29, 0.717) is 6.04 Å². The van der Waals surface area contributed by atoms with Gasteiger partial charge in [-0.05, 0) is 19.9 Å². The number of hydrogen-bond donors (Lipinski definition) is 1. The van der Waals surface area contributed by atoms with Crippen LogP contribution in [0.4, 0.5) is 0 Å². The molecule has 3 heteroatoms. The van der Waals surface area contributed by atoms with Gasteiger partial charge in [-0.2, -0.15) is 11.8 Å². The minimum atomic E-state index is -0.0663. The van der Waals surface area contributed by atoms with E-state index in [9.17, 15) is 4.79 Å². The molecule has 0 aromatic heterocycles. The zero-order valence-corrected chi connectivity index (χ0v) is 7.70. The monoisotopic (exact) mass is 171 g/mol. The van der Waals surface area contributed by atoms with Crippen LogP contribution in [0.1, 0.15) is 13.8 Å². The van der Waals surface area contributed by atoms with E-state index in [2.05, 4.69) is 25.7 Å². The summed E-state index contributed by atoms with van der Waals surface area (Å²) in [7, 11) is 0. The highest BCUT2D eigenvalue weighted by molar-refractivity contribution is 8.02. The van der Waals surface area contributed by atoms with Crippen LogP contribution < -0.4 is 5.32 Å². The second-order valence-electron chi connectivity index (χ2n) is 3.18. The fourth-order valence-corrected chi connectivity index (χ4v) is 2.09. The third-order valence-electron chi connectivity index (χ3n) is 1.96. The summed E-state index contributed by atoms with van der Waals surface area (Å²) in [6.45, 7) is 7.67. The van der Waals surface area contributed by atoms with Crippen molar-refractivity contribution in [3.8, 4) is 0 Å². The van der Waals surface area contributed by atoms with Crippen LogP contribution >= 0.6 is 11.8 Å². The second-order valence-corrected chi connectivity index (χ2v) is 4.85. The molecule has 1 heterocycles. The summed E-state index contributed by atoms with van der Waals surface area (Å²) in [6.07, 6.45) is 1.32. The molecule has 1 atom stereocenters. The normalized spacial score (nSPS) is 26.9. The van der Waals surface area contributed by atoms with Gasteiger partial charge in [0.05, 0.1) is 6.04 Å². The molecule has 0 aromatic rings. The maximum absolute atomic E-state index is 10.9. The molecule has 1 aliphatic rings. The predicted molar refractivity (Wildman–Crippen MR) is 48.7 cm³/mol. The standard InChI is InChI=1S/C8H13NOS/c1-4-7(10)9-6-5-11-8(6,2)3/h4,6H,1,5H2,2-3H3,(H,9,10). The molecule has 1 N–H and O–H groups in total. The number of rotatable bonds is 2. The molecular weight excluding hydrogens is 158 g/mol. The first-order chi connectivity index (χ1) is 5.06. The summed E-state index contributed by atoms with van der Waals surface area (Å²) in [5, 5.41) is 2.88. The minimum absolute atomic E-state index is 0.0663. The van der Waals surface area contributed by atoms with E-state index in [1.54, 1.807) is 0 Å². The zero-order valence-electron chi connectivity index (χ0n) is 6.89. The Hall–Kier alpha value is -0.440. The molecule has 0 radical (unpaired) electrons. The highest BCUT2D eigenvalue weighted by Crippen LogP contribution is 2.39. The molecule has 1 aliphatic heterocycles. The SMILES string of the molecule is C=CC(=O)NC1CSC1(C)C. The second kappa shape index (κ2) is 2.89. The largest absolute Gasteiger partial charge is 0.348 e. The molecule has 1 unspecified atom stereocenters. The van der Waals surface area contributed by atoms with Crippen LogP contribution in [0.5, 0.6) is 0 Å². The van der Waals surface area contributed by atoms with Crippen molar-refractivity contribution < 1.29 is 4.79 Å². The molecular formula is C8H13NOS. The summed E-state index contributed by atoms with van der Waals surface area (Å²) in [6, 6.07) is 0.318. The Morgan fingerprint density at radius 2 is 2.45 bits per heavy atom. The van der Waals surface area contributed by atoms with E-state index in [4.69, 9.17) is 0 Å². The van der Waals surface area contributed by atoms with Crippen LogP contribution in [-0.4, -0.2) is 22.4 Å². The number of carbonyl (C=O) groups is 1. The van der Waals surface area contributed by atoms with Crippen LogP contribution in [0.25, 0.3) is 0 Å². The number of amides is 1. The molecule has 1 rings (SSSR count). The Bertz CT molecular complexity index is 189. The maximum atomic E-state index is 10.9. The Kier molecular flexibility index (Phi) is 2.28. The van der Waals surface area contributed by atoms with E-state index < -0.39 is 0 Å². The van der Waals surface area contributed by atoms with Crippen molar-refractivity contribution in [3.05, 3.63) is 12.7 Å². The van der Waals surface area contributed by atoms with Gasteiger partial charge in [0.25, 0.3) is 0 Å². The van der Waals surface area contributed by atoms with Crippen LogP contribution in [0, 0.1) is 0 Å². The molecule has 1 fully saturated rings. The first-order valence-corrected chi connectivity index (χ1v) is 4.62. The van der Waals surface area contributed by atoms with E-state index in [-0.39, 0.29) is 10.7 Å². The molecule has 0 spiro atoms. The summed E-state index contributed by atoms with van der Waals surface area (Å²) < 4.78 is 0.207. The van der Waals surface area contributed by atoms with Gasteiger partial charge in [0, 0.05) is 10.5 Å². The average molecular weight is 171 g/mol. The highest BCUT2D eigenvalue weighted by Gasteiger charge is 2.39. The van der Waals surface area contributed by atoms with Crippen LogP contribution in [0.3, 0.4) is 0 Å². The van der Waals surface area contributed by atoms with Crippen LogP contribution in [-0.2, 0) is 4.79 Å². The van der Waals surface area contributed by atoms with E-state index in [1.165, 1.54) is 6.08 Å². The van der Waals surface area contributed by atoms with Gasteiger partial charge in [0.1, 0.15) is 0 Å². The molecule has 11 heavy (non-hydrogen) atoms. The quantitative estimate of drug-likeness (QED) is 0.632. The van der Waals surface area contributed by atoms with Gasteiger partial charge < -0.3 is 5.32 Å². The number of carbonyl (C=O) groups excluding carboxylic acids is 1. The van der Waals surface area contributed by atoms with E-state index >= 15 is 0 Å². The Labute approximate surface area is 71.4 Å². The van der Waals surface area contributed by atoms with Gasteiger partial charge >= 0.3 is 0 Å². The lowest BCUT2D eigenvalue weighted by Crippen LogP contribution is -2.56. The van der Waals surface area contributed by atoms with Gasteiger partial charge in [-0.15, -0.1) is 0 Å². The van der Waals surface area contributed by atoms with Gasteiger partial charge in [-0.25, -0.2) is 0 Å². The van der Waals surface area contributed by atoms with Gasteiger partial charge in [-0.3, -0.25) is 4.79 Å². The van der Waals surface area contributed by atoms with Gasteiger partial charge in [0.15, 0.2) is 0 Å². The van der Waals surface area contributed by atoms with Crippen molar-refractivity contribution in [1.82, 2.24) is 5.32 Å². The fraction of sp³-hybridized carbons (Fsp3) is 0.625. The topological polar surface area (TPSA) is 29.1 Å². The van der Waals surface area contributed by atoms with Crippen LogP contribution in [0.2, 0.25) is 0 Å². The van der Waals surface area contributed by atoms with Crippen molar-refractivity contribution in [2.75, 3.05) is 5.75 Å². The summed E-state index contributed by atoms with van der Waals surface area (Å²) >= 11 is 1.87. The molecule has 0 aromatic carbocycles. The van der Waals surface area contributed by atoms with Crippen molar-refractivity contribution in [1.29, 1.82) is 0 Å². The average Bonchev–Trinajstić information content (AvgIpc) is 1.98. The predicted octanol–water partition coefficient (Wildman–Crippen LogP) is 1.18. The molecule has 2 nitrogen and oxygen atoms in total. The number of hydrogen-bond acceptors (Lipinski definition) is 2. The lowest BCUT2D eigenvalue weighted by atomic mass is 10.0. The molecule has 1 saturated heterocycles. The summed E-state index contributed by atoms with van der Waals surface area (Å²) in [5.41, 5.74) is 0. The first-order valence-electron chi connectivity index (χ1n) is 3.63. The van der Waals surface area contributed by atoms with E-state index in [0.717, 1.165) is 5.75 Å². The van der Waals surface area contributed by atoms with E-state index in [1.807, 2.05) is 11.8 Å². The zero-order chi connectivity index (χ0) is 8.48. The van der Waals surface area contributed by atoms with Gasteiger partial charge in [-0.1, -0.05) is 6.58 Å². The van der Waals surface area contributed by atoms with Crippen molar-refractivity contribution in [3.63, 3.8) is 0 Å². The molecule has 62 valence electrons. The lowest BCUT2D eigenvalue weighted by molar-refractivity contribution is -0.117. The fourth-order valence-electron chi connectivity index (χ4n) is 0.946. The third kappa shape index (κ3) is 1.77. The molecule has 0 bridgehead atoms. The minimum Gasteiger partial charge on any atom is -0.348 e. The van der Waals surface area contributed by atoms with Gasteiger partial charge in [0.2, 0.25) is 5.91 Å². The highest BCUT2D eigenvalue weighted by atomic mass is 32.2. The lowest BCUT2D eigenvalue weighted by Gasteiger charge is -2.43. The third-order valence-corrected chi connectivity index (χ3v) is 3.49. The van der Waals surface area contributed by atoms with Crippen molar-refractivity contribution >= 4 is 17.7 Å². The van der Waals surface area contributed by atoms with Crippen molar-refractivity contribution in [2.45, 2.75) is 24.6 Å². The Morgan fingerprint density at radius 3 is 2.73 bits per heavy atom. The molecule has 1 amide bonds. The summed E-state index contributed by atoms with van der Waals surface area (Å²) in [4.78, 5) is 10.9. The summed E-state index contributed by atoms with van der Waals surface area (Å²) in [5.74, 6) is 0.954. The van der Waals surface area contributed by atoms with Crippen LogP contribution in [0.15, 0.2) is 12.7 Å². The number of nitrogens with one attached hydrogen (secondary N) is 1. The first kappa shape index (κ1) is 8.65. The van der Waals surface area contributed by atoms with Crippen molar-refractivity contribution in [2.24, 2.45) is 0 Å².